The minimum Gasteiger partial charge on any atom is -0.354 e. The normalized spacial score (nSPS) is 12.8. The third-order valence-corrected chi connectivity index (χ3v) is 5.24. The van der Waals surface area contributed by atoms with E-state index in [0.717, 1.165) is 28.2 Å². The van der Waals surface area contributed by atoms with Gasteiger partial charge in [-0.15, -0.1) is 0 Å². The fourth-order valence-electron chi connectivity index (χ4n) is 3.62. The van der Waals surface area contributed by atoms with Gasteiger partial charge in [0.1, 0.15) is 5.82 Å². The third kappa shape index (κ3) is 5.70. The molecule has 0 saturated heterocycles. The number of guanidine groups is 1. The van der Waals surface area contributed by atoms with Crippen molar-refractivity contribution in [3.05, 3.63) is 82.9 Å². The molecule has 0 aliphatic carbocycles. The molecular formula is C24H31FN6. The van der Waals surface area contributed by atoms with Crippen LogP contribution in [-0.2, 0) is 6.54 Å². The number of benzene rings is 2. The molecule has 31 heavy (non-hydrogen) atoms. The number of hydrogen-bond acceptors (Lipinski definition) is 3. The van der Waals surface area contributed by atoms with Gasteiger partial charge in [-0.05, 0) is 63.3 Å². The van der Waals surface area contributed by atoms with Gasteiger partial charge in [-0.25, -0.2) is 9.07 Å². The number of aliphatic imine (C=N–C) groups is 1. The fourth-order valence-corrected chi connectivity index (χ4v) is 3.62. The van der Waals surface area contributed by atoms with Crippen molar-refractivity contribution in [3.8, 4) is 5.69 Å². The molecule has 0 saturated carbocycles. The molecule has 0 amide bonds. The Hall–Kier alpha value is -3.19. The second-order valence-electron chi connectivity index (χ2n) is 7.81. The van der Waals surface area contributed by atoms with E-state index in [1.54, 1.807) is 7.05 Å². The summed E-state index contributed by atoms with van der Waals surface area (Å²) in [6, 6.07) is 17.0. The lowest BCUT2D eigenvalue weighted by Gasteiger charge is -2.26. The second-order valence-corrected chi connectivity index (χ2v) is 7.81. The summed E-state index contributed by atoms with van der Waals surface area (Å²) >= 11 is 0. The maximum atomic E-state index is 13.3. The van der Waals surface area contributed by atoms with Gasteiger partial charge in [-0.3, -0.25) is 4.99 Å². The molecule has 164 valence electrons. The van der Waals surface area contributed by atoms with Crippen LogP contribution in [0.4, 0.5) is 4.39 Å². The highest BCUT2D eigenvalue weighted by atomic mass is 19.1. The topological polar surface area (TPSA) is 57.5 Å². The van der Waals surface area contributed by atoms with Crippen molar-refractivity contribution in [1.82, 2.24) is 25.3 Å². The van der Waals surface area contributed by atoms with Gasteiger partial charge in [0.2, 0.25) is 0 Å². The van der Waals surface area contributed by atoms with Crippen molar-refractivity contribution in [2.45, 2.75) is 26.4 Å². The lowest BCUT2D eigenvalue weighted by molar-refractivity contribution is 0.298. The first-order chi connectivity index (χ1) is 14.9. The maximum Gasteiger partial charge on any atom is 0.191 e. The van der Waals surface area contributed by atoms with Crippen molar-refractivity contribution < 1.29 is 4.39 Å². The number of aromatic nitrogens is 2. The number of hydrogen-bond donors (Lipinski definition) is 2. The van der Waals surface area contributed by atoms with Gasteiger partial charge in [-0.1, -0.05) is 30.3 Å². The molecule has 1 atom stereocenters. The molecular weight excluding hydrogens is 391 g/mol. The van der Waals surface area contributed by atoms with Crippen molar-refractivity contribution in [2.75, 3.05) is 27.7 Å². The number of nitrogens with zero attached hydrogens (tertiary/aromatic N) is 4. The molecule has 0 aliphatic heterocycles. The number of halogens is 1. The van der Waals surface area contributed by atoms with Crippen LogP contribution in [0.1, 0.15) is 28.6 Å². The van der Waals surface area contributed by atoms with Crippen LogP contribution in [0.5, 0.6) is 0 Å². The van der Waals surface area contributed by atoms with Gasteiger partial charge in [0.05, 0.1) is 17.4 Å². The number of nitrogens with one attached hydrogen (secondary N) is 2. The summed E-state index contributed by atoms with van der Waals surface area (Å²) in [5.41, 5.74) is 5.31. The van der Waals surface area contributed by atoms with E-state index < -0.39 is 0 Å². The quantitative estimate of drug-likeness (QED) is 0.451. The maximum absolute atomic E-state index is 13.3. The molecule has 3 rings (SSSR count). The van der Waals surface area contributed by atoms with Gasteiger partial charge in [0.15, 0.2) is 5.96 Å². The summed E-state index contributed by atoms with van der Waals surface area (Å²) < 4.78 is 15.3. The number of para-hydroxylation sites is 1. The van der Waals surface area contributed by atoms with Crippen molar-refractivity contribution in [2.24, 2.45) is 4.99 Å². The molecule has 0 spiro atoms. The van der Waals surface area contributed by atoms with Crippen LogP contribution in [-0.4, -0.2) is 48.3 Å². The minimum atomic E-state index is -0.229. The average Bonchev–Trinajstić information content (AvgIpc) is 3.09. The lowest BCUT2D eigenvalue weighted by Crippen LogP contribution is -2.41. The standard InChI is InChI=1S/C24H31FN6/c1-17-14-18(2)31(29-17)22-9-7-6-8-20(22)15-27-24(26-3)28-16-23(30(4)5)19-10-12-21(25)13-11-19/h6-14,23H,15-16H2,1-5H3,(H2,26,27,28). The Morgan fingerprint density at radius 3 is 2.42 bits per heavy atom. The molecule has 3 aromatic rings. The van der Waals surface area contributed by atoms with Gasteiger partial charge in [-0.2, -0.15) is 5.10 Å². The number of rotatable bonds is 7. The molecule has 1 unspecified atom stereocenters. The van der Waals surface area contributed by atoms with E-state index in [1.165, 1.54) is 12.1 Å². The molecule has 7 heteroatoms. The van der Waals surface area contributed by atoms with Gasteiger partial charge in [0.25, 0.3) is 0 Å². The minimum absolute atomic E-state index is 0.0844. The van der Waals surface area contributed by atoms with Crippen LogP contribution in [0.2, 0.25) is 0 Å². The number of likely N-dealkylation sites (N-methyl/N-ethyl adjacent to an activating group) is 1. The van der Waals surface area contributed by atoms with Crippen molar-refractivity contribution in [1.29, 1.82) is 0 Å². The van der Waals surface area contributed by atoms with E-state index in [-0.39, 0.29) is 11.9 Å². The van der Waals surface area contributed by atoms with E-state index in [0.29, 0.717) is 19.0 Å². The Bertz CT molecular complexity index is 1020. The van der Waals surface area contributed by atoms with Crippen LogP contribution in [0.25, 0.3) is 5.69 Å². The summed E-state index contributed by atoms with van der Waals surface area (Å²) in [7, 11) is 5.78. The summed E-state index contributed by atoms with van der Waals surface area (Å²) in [6.45, 7) is 5.30. The van der Waals surface area contributed by atoms with Crippen LogP contribution in [0.3, 0.4) is 0 Å². The zero-order chi connectivity index (χ0) is 22.4. The summed E-state index contributed by atoms with van der Waals surface area (Å²) in [4.78, 5) is 6.46. The van der Waals surface area contributed by atoms with Crippen LogP contribution < -0.4 is 10.6 Å². The summed E-state index contributed by atoms with van der Waals surface area (Å²) in [6.07, 6.45) is 0. The van der Waals surface area contributed by atoms with E-state index in [1.807, 2.05) is 50.0 Å². The first kappa shape index (κ1) is 22.5. The monoisotopic (exact) mass is 422 g/mol. The van der Waals surface area contributed by atoms with Crippen molar-refractivity contribution in [3.63, 3.8) is 0 Å². The molecule has 0 aliphatic rings. The van der Waals surface area contributed by atoms with E-state index in [4.69, 9.17) is 0 Å². The van der Waals surface area contributed by atoms with E-state index in [9.17, 15) is 4.39 Å². The van der Waals surface area contributed by atoms with Crippen LogP contribution in [0, 0.1) is 19.7 Å². The van der Waals surface area contributed by atoms with Crippen LogP contribution >= 0.6 is 0 Å². The first-order valence-electron chi connectivity index (χ1n) is 10.4. The molecule has 2 aromatic carbocycles. The molecule has 0 radical (unpaired) electrons. The molecule has 1 heterocycles. The SMILES string of the molecule is CN=C(NCc1ccccc1-n1nc(C)cc1C)NCC(c1ccc(F)cc1)N(C)C. The number of aryl methyl sites for hydroxylation is 2. The smallest absolute Gasteiger partial charge is 0.191 e. The Morgan fingerprint density at radius 2 is 1.81 bits per heavy atom. The van der Waals surface area contributed by atoms with Gasteiger partial charge >= 0.3 is 0 Å². The first-order valence-corrected chi connectivity index (χ1v) is 10.4. The molecule has 1 aromatic heterocycles. The average molecular weight is 423 g/mol. The Morgan fingerprint density at radius 1 is 1.10 bits per heavy atom. The Labute approximate surface area is 183 Å². The predicted octanol–water partition coefficient (Wildman–Crippen LogP) is 3.60. The fraction of sp³-hybridized carbons (Fsp3) is 0.333. The molecule has 0 fully saturated rings. The lowest BCUT2D eigenvalue weighted by atomic mass is 10.1. The summed E-state index contributed by atoms with van der Waals surface area (Å²) in [5.74, 6) is 0.477. The largest absolute Gasteiger partial charge is 0.354 e. The highest BCUT2D eigenvalue weighted by Crippen LogP contribution is 2.18. The summed E-state index contributed by atoms with van der Waals surface area (Å²) in [5, 5.41) is 11.4. The highest BCUT2D eigenvalue weighted by Gasteiger charge is 2.15. The van der Waals surface area contributed by atoms with E-state index >= 15 is 0 Å². The van der Waals surface area contributed by atoms with Crippen molar-refractivity contribution >= 4 is 5.96 Å². The van der Waals surface area contributed by atoms with E-state index in [2.05, 4.69) is 50.7 Å². The molecule has 6 nitrogen and oxygen atoms in total. The second kappa shape index (κ2) is 10.2. The van der Waals surface area contributed by atoms with Crippen LogP contribution in [0.15, 0.2) is 59.6 Å². The molecule has 2 N–H and O–H groups in total. The zero-order valence-electron chi connectivity index (χ0n) is 18.9. The predicted molar refractivity (Wildman–Crippen MR) is 124 cm³/mol. The van der Waals surface area contributed by atoms with Gasteiger partial charge in [0, 0.05) is 25.8 Å². The van der Waals surface area contributed by atoms with Gasteiger partial charge < -0.3 is 15.5 Å². The Balaban J connectivity index is 1.67. The molecule has 0 bridgehead atoms. The Kier molecular flexibility index (Phi) is 7.41. The highest BCUT2D eigenvalue weighted by molar-refractivity contribution is 5.79. The third-order valence-electron chi connectivity index (χ3n) is 5.24. The zero-order valence-corrected chi connectivity index (χ0v) is 18.9.